The first-order valence-electron chi connectivity index (χ1n) is 7.48. The van der Waals surface area contributed by atoms with E-state index in [9.17, 15) is 0 Å². The molecule has 1 saturated carbocycles. The van der Waals surface area contributed by atoms with Crippen molar-refractivity contribution in [3.63, 3.8) is 0 Å². The van der Waals surface area contributed by atoms with Crippen molar-refractivity contribution in [2.75, 3.05) is 11.9 Å². The molecular weight excluding hydrogens is 377 g/mol. The van der Waals surface area contributed by atoms with Crippen molar-refractivity contribution in [2.24, 2.45) is 7.05 Å². The van der Waals surface area contributed by atoms with Crippen LogP contribution in [0.5, 0.6) is 0 Å². The van der Waals surface area contributed by atoms with Gasteiger partial charge in [0.25, 0.3) is 0 Å². The van der Waals surface area contributed by atoms with Crippen molar-refractivity contribution in [3.8, 4) is 11.4 Å². The SMILES string of the molecule is CCNc1nc(-c2cn(C)nc2CC)nc(C2CC2)c1I. The predicted molar refractivity (Wildman–Crippen MR) is 92.5 cm³/mol. The van der Waals surface area contributed by atoms with Gasteiger partial charge in [0.1, 0.15) is 5.82 Å². The van der Waals surface area contributed by atoms with Gasteiger partial charge in [-0.15, -0.1) is 0 Å². The third kappa shape index (κ3) is 2.90. The zero-order chi connectivity index (χ0) is 15.0. The van der Waals surface area contributed by atoms with E-state index in [0.717, 1.165) is 35.9 Å². The Labute approximate surface area is 138 Å². The number of hydrogen-bond donors (Lipinski definition) is 1. The summed E-state index contributed by atoms with van der Waals surface area (Å²) in [5.41, 5.74) is 3.31. The molecule has 3 rings (SSSR count). The Hall–Kier alpha value is -1.18. The van der Waals surface area contributed by atoms with E-state index in [-0.39, 0.29) is 0 Å². The minimum atomic E-state index is 0.609. The van der Waals surface area contributed by atoms with Gasteiger partial charge in [0, 0.05) is 25.7 Å². The van der Waals surface area contributed by atoms with Crippen molar-refractivity contribution in [3.05, 3.63) is 21.2 Å². The van der Waals surface area contributed by atoms with Gasteiger partial charge in [-0.1, -0.05) is 6.92 Å². The van der Waals surface area contributed by atoms with E-state index in [1.165, 1.54) is 22.1 Å². The molecule has 0 radical (unpaired) electrons. The summed E-state index contributed by atoms with van der Waals surface area (Å²) >= 11 is 2.37. The van der Waals surface area contributed by atoms with Crippen LogP contribution < -0.4 is 5.32 Å². The summed E-state index contributed by atoms with van der Waals surface area (Å²) in [6.45, 7) is 5.08. The van der Waals surface area contributed by atoms with Gasteiger partial charge in [0.05, 0.1) is 20.5 Å². The quantitative estimate of drug-likeness (QED) is 0.787. The normalized spacial score (nSPS) is 14.5. The summed E-state index contributed by atoms with van der Waals surface area (Å²) in [6, 6.07) is 0. The molecular formula is C15H20IN5. The van der Waals surface area contributed by atoms with E-state index >= 15 is 0 Å². The van der Waals surface area contributed by atoms with E-state index in [4.69, 9.17) is 9.97 Å². The molecule has 2 aromatic heterocycles. The predicted octanol–water partition coefficient (Wildman–Crippen LogP) is 3.35. The third-order valence-electron chi connectivity index (χ3n) is 3.67. The Balaban J connectivity index is 2.12. The molecule has 21 heavy (non-hydrogen) atoms. The largest absolute Gasteiger partial charge is 0.369 e. The number of aromatic nitrogens is 4. The monoisotopic (exact) mass is 397 g/mol. The lowest BCUT2D eigenvalue weighted by Gasteiger charge is -2.11. The first kappa shape index (κ1) is 14.7. The number of hydrogen-bond acceptors (Lipinski definition) is 4. The van der Waals surface area contributed by atoms with Gasteiger partial charge in [-0.2, -0.15) is 5.10 Å². The summed E-state index contributed by atoms with van der Waals surface area (Å²) < 4.78 is 3.02. The molecule has 2 aromatic rings. The number of rotatable bonds is 5. The maximum absolute atomic E-state index is 4.86. The molecule has 2 heterocycles. The molecule has 1 aliphatic carbocycles. The second-order valence-corrected chi connectivity index (χ2v) is 6.50. The number of aryl methyl sites for hydroxylation is 2. The van der Waals surface area contributed by atoms with Crippen LogP contribution in [0.2, 0.25) is 0 Å². The summed E-state index contributed by atoms with van der Waals surface area (Å²) in [4.78, 5) is 9.60. The molecule has 0 saturated heterocycles. The van der Waals surface area contributed by atoms with Crippen molar-refractivity contribution < 1.29 is 0 Å². The molecule has 1 fully saturated rings. The van der Waals surface area contributed by atoms with Crippen LogP contribution in [0.4, 0.5) is 5.82 Å². The fourth-order valence-electron chi connectivity index (χ4n) is 2.48. The molecule has 0 aliphatic heterocycles. The first-order valence-corrected chi connectivity index (χ1v) is 8.56. The van der Waals surface area contributed by atoms with E-state index in [1.54, 1.807) is 0 Å². The molecule has 0 atom stereocenters. The number of halogens is 1. The van der Waals surface area contributed by atoms with Crippen LogP contribution in [0.15, 0.2) is 6.20 Å². The highest BCUT2D eigenvalue weighted by atomic mass is 127. The molecule has 0 amide bonds. The third-order valence-corrected chi connectivity index (χ3v) is 4.73. The van der Waals surface area contributed by atoms with Crippen LogP contribution in [0.1, 0.15) is 44.0 Å². The minimum absolute atomic E-state index is 0.609. The maximum Gasteiger partial charge on any atom is 0.165 e. The maximum atomic E-state index is 4.86. The average Bonchev–Trinajstić information content (AvgIpc) is 3.23. The molecule has 0 aromatic carbocycles. The van der Waals surface area contributed by atoms with Crippen molar-refractivity contribution in [1.82, 2.24) is 19.7 Å². The topological polar surface area (TPSA) is 55.6 Å². The smallest absolute Gasteiger partial charge is 0.165 e. The van der Waals surface area contributed by atoms with Crippen LogP contribution >= 0.6 is 22.6 Å². The van der Waals surface area contributed by atoms with Gasteiger partial charge in [-0.25, -0.2) is 9.97 Å². The molecule has 6 heteroatoms. The molecule has 112 valence electrons. The summed E-state index contributed by atoms with van der Waals surface area (Å²) in [6.07, 6.45) is 5.39. The number of nitrogens with zero attached hydrogens (tertiary/aromatic N) is 4. The minimum Gasteiger partial charge on any atom is -0.369 e. The van der Waals surface area contributed by atoms with Crippen LogP contribution in [-0.4, -0.2) is 26.3 Å². The van der Waals surface area contributed by atoms with Gasteiger partial charge in [-0.05, 0) is 48.8 Å². The Morgan fingerprint density at radius 3 is 2.71 bits per heavy atom. The lowest BCUT2D eigenvalue weighted by atomic mass is 10.2. The lowest BCUT2D eigenvalue weighted by Crippen LogP contribution is -2.08. The molecule has 0 unspecified atom stereocenters. The Bertz CT molecular complexity index is 660. The zero-order valence-corrected chi connectivity index (χ0v) is 14.8. The Kier molecular flexibility index (Phi) is 4.14. The highest BCUT2D eigenvalue weighted by molar-refractivity contribution is 14.1. The first-order chi connectivity index (χ1) is 10.1. The van der Waals surface area contributed by atoms with E-state index in [1.807, 2.05) is 17.9 Å². The van der Waals surface area contributed by atoms with Crippen LogP contribution in [0.25, 0.3) is 11.4 Å². The van der Waals surface area contributed by atoms with Crippen LogP contribution in [0.3, 0.4) is 0 Å². The Morgan fingerprint density at radius 2 is 2.10 bits per heavy atom. The van der Waals surface area contributed by atoms with Crippen molar-refractivity contribution >= 4 is 28.4 Å². The molecule has 0 spiro atoms. The fraction of sp³-hybridized carbons (Fsp3) is 0.533. The van der Waals surface area contributed by atoms with E-state index in [2.05, 4.69) is 46.9 Å². The van der Waals surface area contributed by atoms with Crippen molar-refractivity contribution in [2.45, 2.75) is 39.0 Å². The van der Waals surface area contributed by atoms with Gasteiger partial charge in [0.15, 0.2) is 5.82 Å². The van der Waals surface area contributed by atoms with Gasteiger partial charge >= 0.3 is 0 Å². The van der Waals surface area contributed by atoms with Gasteiger partial charge < -0.3 is 5.32 Å². The molecule has 1 N–H and O–H groups in total. The highest BCUT2D eigenvalue weighted by Gasteiger charge is 2.30. The second-order valence-electron chi connectivity index (χ2n) is 5.42. The second kappa shape index (κ2) is 5.90. The van der Waals surface area contributed by atoms with Gasteiger partial charge in [0.2, 0.25) is 0 Å². The van der Waals surface area contributed by atoms with Crippen molar-refractivity contribution in [1.29, 1.82) is 0 Å². The van der Waals surface area contributed by atoms with Crippen LogP contribution in [-0.2, 0) is 13.5 Å². The number of nitrogens with one attached hydrogen (secondary N) is 1. The van der Waals surface area contributed by atoms with Gasteiger partial charge in [-0.3, -0.25) is 4.68 Å². The molecule has 1 aliphatic rings. The molecule has 5 nitrogen and oxygen atoms in total. The Morgan fingerprint density at radius 1 is 1.33 bits per heavy atom. The van der Waals surface area contributed by atoms with E-state index in [0.29, 0.717) is 5.92 Å². The number of anilines is 1. The summed E-state index contributed by atoms with van der Waals surface area (Å²) in [5.74, 6) is 2.37. The summed E-state index contributed by atoms with van der Waals surface area (Å²) in [7, 11) is 1.95. The van der Waals surface area contributed by atoms with Crippen LogP contribution in [0, 0.1) is 3.57 Å². The lowest BCUT2D eigenvalue weighted by molar-refractivity contribution is 0.746. The summed E-state index contributed by atoms with van der Waals surface area (Å²) in [5, 5.41) is 7.88. The fourth-order valence-corrected chi connectivity index (χ4v) is 3.35. The standard InChI is InChI=1S/C15H20IN5/c1-4-11-10(8-21(3)20-11)14-18-13(9-6-7-9)12(16)15(19-14)17-5-2/h8-9H,4-7H2,1-3H3,(H,17,18,19). The zero-order valence-electron chi connectivity index (χ0n) is 12.6. The van der Waals surface area contributed by atoms with E-state index < -0.39 is 0 Å². The average molecular weight is 397 g/mol. The molecule has 0 bridgehead atoms. The highest BCUT2D eigenvalue weighted by Crippen LogP contribution is 2.43.